The van der Waals surface area contributed by atoms with Crippen LogP contribution in [0.5, 0.6) is 0 Å². The summed E-state index contributed by atoms with van der Waals surface area (Å²) in [5, 5.41) is -0.622. The van der Waals surface area contributed by atoms with Gasteiger partial charge in [0.25, 0.3) is 0 Å². The van der Waals surface area contributed by atoms with Crippen LogP contribution in [0.4, 0.5) is 4.39 Å². The molecular formula is C13H18BrFN2O2S2. The van der Waals surface area contributed by atoms with Gasteiger partial charge in [-0.25, -0.2) is 12.8 Å². The number of hydrogen-bond acceptors (Lipinski definition) is 5. The van der Waals surface area contributed by atoms with Crippen LogP contribution in [0.25, 0.3) is 0 Å². The maximum absolute atomic E-state index is 14.1. The first kappa shape index (κ1) is 17.2. The van der Waals surface area contributed by atoms with Gasteiger partial charge >= 0.3 is 0 Å². The molecular weight excluding hydrogens is 379 g/mol. The molecule has 2 unspecified atom stereocenters. The molecule has 1 aliphatic rings. The molecule has 118 valence electrons. The minimum Gasteiger partial charge on any atom is -0.329 e. The summed E-state index contributed by atoms with van der Waals surface area (Å²) >= 11 is 4.92. The second-order valence-electron chi connectivity index (χ2n) is 5.01. The van der Waals surface area contributed by atoms with Crippen molar-refractivity contribution in [3.8, 4) is 0 Å². The number of rotatable bonds is 4. The molecule has 21 heavy (non-hydrogen) atoms. The monoisotopic (exact) mass is 396 g/mol. The molecule has 0 aliphatic carbocycles. The zero-order chi connectivity index (χ0) is 15.6. The van der Waals surface area contributed by atoms with E-state index in [2.05, 4.69) is 15.9 Å². The number of benzene rings is 1. The summed E-state index contributed by atoms with van der Waals surface area (Å²) in [5.41, 5.74) is 6.27. The van der Waals surface area contributed by atoms with E-state index in [1.807, 2.05) is 4.90 Å². The summed E-state index contributed by atoms with van der Waals surface area (Å²) in [5.74, 6) is 0.947. The number of thioether (sulfide) groups is 1. The van der Waals surface area contributed by atoms with Crippen molar-refractivity contribution in [2.24, 2.45) is 5.73 Å². The molecule has 2 rings (SSSR count). The molecule has 2 N–H and O–H groups in total. The van der Waals surface area contributed by atoms with Crippen molar-refractivity contribution in [2.75, 3.05) is 30.9 Å². The number of hydrogen-bond donors (Lipinski definition) is 1. The van der Waals surface area contributed by atoms with Gasteiger partial charge < -0.3 is 5.73 Å². The lowest BCUT2D eigenvalue weighted by Crippen LogP contribution is -2.50. The smallest absolute Gasteiger partial charge is 0.164 e. The van der Waals surface area contributed by atoms with Crippen molar-refractivity contribution in [3.63, 3.8) is 0 Å². The fraction of sp³-hybridized carbons (Fsp3) is 0.538. The average molecular weight is 397 g/mol. The van der Waals surface area contributed by atoms with Gasteiger partial charge in [0, 0.05) is 40.9 Å². The molecule has 1 fully saturated rings. The third-order valence-electron chi connectivity index (χ3n) is 3.56. The van der Waals surface area contributed by atoms with Gasteiger partial charge in [0.05, 0.1) is 6.04 Å². The van der Waals surface area contributed by atoms with Gasteiger partial charge in [0.15, 0.2) is 9.84 Å². The third kappa shape index (κ3) is 3.98. The van der Waals surface area contributed by atoms with Gasteiger partial charge in [-0.2, -0.15) is 11.8 Å². The zero-order valence-electron chi connectivity index (χ0n) is 11.6. The van der Waals surface area contributed by atoms with E-state index in [-0.39, 0.29) is 12.4 Å². The van der Waals surface area contributed by atoms with E-state index in [9.17, 15) is 12.8 Å². The Kier molecular flexibility index (Phi) is 5.70. The third-order valence-corrected chi connectivity index (χ3v) is 6.71. The normalized spacial score (nSPS) is 22.2. The van der Waals surface area contributed by atoms with Crippen LogP contribution in [0.1, 0.15) is 11.6 Å². The van der Waals surface area contributed by atoms with Crippen LogP contribution in [0.2, 0.25) is 0 Å². The first-order valence-electron chi connectivity index (χ1n) is 6.52. The summed E-state index contributed by atoms with van der Waals surface area (Å²) in [6.07, 6.45) is 1.22. The highest BCUT2D eigenvalue weighted by atomic mass is 79.9. The molecule has 1 aliphatic heterocycles. The SMILES string of the molecule is CS(=O)(=O)C1CSCCN1C(CN)c1cc(Br)ccc1F. The van der Waals surface area contributed by atoms with Crippen molar-refractivity contribution in [1.82, 2.24) is 4.90 Å². The van der Waals surface area contributed by atoms with Gasteiger partial charge in [-0.3, -0.25) is 4.90 Å². The highest BCUT2D eigenvalue weighted by Crippen LogP contribution is 2.32. The van der Waals surface area contributed by atoms with Gasteiger partial charge in [-0.1, -0.05) is 15.9 Å². The largest absolute Gasteiger partial charge is 0.329 e. The summed E-state index contributed by atoms with van der Waals surface area (Å²) in [6.45, 7) is 0.750. The average Bonchev–Trinajstić information content (AvgIpc) is 2.43. The predicted molar refractivity (Wildman–Crippen MR) is 88.6 cm³/mol. The van der Waals surface area contributed by atoms with Crippen molar-refractivity contribution in [3.05, 3.63) is 34.1 Å². The van der Waals surface area contributed by atoms with E-state index in [1.165, 1.54) is 12.3 Å². The molecule has 0 radical (unpaired) electrons. The first-order valence-corrected chi connectivity index (χ1v) is 10.4. The van der Waals surface area contributed by atoms with Crippen LogP contribution in [-0.4, -0.2) is 49.5 Å². The van der Waals surface area contributed by atoms with E-state index in [4.69, 9.17) is 5.73 Å². The summed E-state index contributed by atoms with van der Waals surface area (Å²) < 4.78 is 38.9. The molecule has 0 aromatic heterocycles. The molecule has 1 saturated heterocycles. The van der Waals surface area contributed by atoms with Crippen molar-refractivity contribution < 1.29 is 12.8 Å². The highest BCUT2D eigenvalue weighted by molar-refractivity contribution is 9.10. The maximum Gasteiger partial charge on any atom is 0.164 e. The molecule has 0 spiro atoms. The Morgan fingerprint density at radius 3 is 2.90 bits per heavy atom. The van der Waals surface area contributed by atoms with Crippen LogP contribution in [-0.2, 0) is 9.84 Å². The molecule has 1 aromatic rings. The Balaban J connectivity index is 2.41. The topological polar surface area (TPSA) is 63.4 Å². The molecule has 0 bridgehead atoms. The van der Waals surface area contributed by atoms with Crippen LogP contribution in [0, 0.1) is 5.82 Å². The Bertz CT molecular complexity index is 612. The lowest BCUT2D eigenvalue weighted by molar-refractivity contribution is 0.194. The number of nitrogens with two attached hydrogens (primary N) is 1. The van der Waals surface area contributed by atoms with Gasteiger partial charge in [0.1, 0.15) is 11.2 Å². The zero-order valence-corrected chi connectivity index (χ0v) is 14.8. The molecule has 4 nitrogen and oxygen atoms in total. The van der Waals surface area contributed by atoms with Gasteiger partial charge in [-0.05, 0) is 18.2 Å². The quantitative estimate of drug-likeness (QED) is 0.842. The lowest BCUT2D eigenvalue weighted by Gasteiger charge is -2.39. The van der Waals surface area contributed by atoms with Gasteiger partial charge in [-0.15, -0.1) is 0 Å². The van der Waals surface area contributed by atoms with Crippen molar-refractivity contribution >= 4 is 37.5 Å². The predicted octanol–water partition coefficient (Wildman–Crippen LogP) is 2.01. The Labute approximate surface area is 137 Å². The fourth-order valence-corrected chi connectivity index (χ4v) is 5.83. The van der Waals surface area contributed by atoms with Crippen LogP contribution in [0.15, 0.2) is 22.7 Å². The fourth-order valence-electron chi connectivity index (χ4n) is 2.53. The number of nitrogens with zero attached hydrogens (tertiary/aromatic N) is 1. The van der Waals surface area contributed by atoms with Gasteiger partial charge in [0.2, 0.25) is 0 Å². The van der Waals surface area contributed by atoms with Crippen LogP contribution < -0.4 is 5.73 Å². The Morgan fingerprint density at radius 2 is 2.29 bits per heavy atom. The standard InChI is InChI=1S/C13H18BrFN2O2S2/c1-21(18,19)13-8-20-5-4-17(13)12(7-16)10-6-9(14)2-3-11(10)15/h2-3,6,12-13H,4-5,7-8,16H2,1H3. The van der Waals surface area contributed by atoms with Crippen LogP contribution >= 0.6 is 27.7 Å². The Morgan fingerprint density at radius 1 is 1.57 bits per heavy atom. The van der Waals surface area contributed by atoms with E-state index in [0.29, 0.717) is 17.9 Å². The van der Waals surface area contributed by atoms with E-state index >= 15 is 0 Å². The summed E-state index contributed by atoms with van der Waals surface area (Å²) in [7, 11) is -3.25. The van der Waals surface area contributed by atoms with Crippen molar-refractivity contribution in [2.45, 2.75) is 11.4 Å². The molecule has 8 heteroatoms. The second kappa shape index (κ2) is 6.95. The number of halogens is 2. The minimum atomic E-state index is -3.25. The molecule has 0 saturated carbocycles. The Hall–Kier alpha value is -0.150. The highest BCUT2D eigenvalue weighted by Gasteiger charge is 2.36. The first-order chi connectivity index (χ1) is 9.84. The van der Waals surface area contributed by atoms with E-state index < -0.39 is 21.3 Å². The molecule has 0 amide bonds. The maximum atomic E-state index is 14.1. The van der Waals surface area contributed by atoms with Crippen molar-refractivity contribution in [1.29, 1.82) is 0 Å². The molecule has 2 atom stereocenters. The summed E-state index contributed by atoms with van der Waals surface area (Å²) in [4.78, 5) is 1.82. The second-order valence-corrected chi connectivity index (χ2v) is 9.28. The van der Waals surface area contributed by atoms with Crippen LogP contribution in [0.3, 0.4) is 0 Å². The molecule has 1 aromatic carbocycles. The molecule has 1 heterocycles. The minimum absolute atomic E-state index is 0.171. The summed E-state index contributed by atoms with van der Waals surface area (Å²) in [6, 6.07) is 4.22. The lowest BCUT2D eigenvalue weighted by atomic mass is 10.0. The van der Waals surface area contributed by atoms with E-state index in [1.54, 1.807) is 23.9 Å². The number of sulfone groups is 1. The van der Waals surface area contributed by atoms with E-state index in [0.717, 1.165) is 10.2 Å².